The Labute approximate surface area is 318 Å². The zero-order chi connectivity index (χ0) is 39.4. The molecule has 2 fully saturated rings. The highest BCUT2D eigenvalue weighted by Gasteiger charge is 2.44. The van der Waals surface area contributed by atoms with E-state index in [2.05, 4.69) is 9.29 Å². The molecule has 1 aliphatic carbocycles. The number of nitrogens with one attached hydrogen (secondary N) is 1. The zero-order valence-electron chi connectivity index (χ0n) is 32.7. The summed E-state index contributed by atoms with van der Waals surface area (Å²) in [6.45, 7) is 11.2. The molecule has 3 heterocycles. The second kappa shape index (κ2) is 14.9. The normalized spacial score (nSPS) is 17.4. The molecular weight excluding hydrogens is 731 g/mol. The SMILES string of the molecule is COc1ccc2c(c1)C=C(C(=O)N1CC(OP(=O)(OC(C)(C)C)OC(C)(C)C)C1)Cn1c-2c(C2CCCCC2)c2ccc(C(=O)NS(=O)(=O)N(C)C)cc21. The fraction of sp³-hybridized carbons (Fsp3) is 0.538. The van der Waals surface area contributed by atoms with Gasteiger partial charge in [0.15, 0.2) is 0 Å². The van der Waals surface area contributed by atoms with Crippen LogP contribution >= 0.6 is 7.82 Å². The van der Waals surface area contributed by atoms with Gasteiger partial charge >= 0.3 is 18.0 Å². The Kier molecular flexibility index (Phi) is 11.0. The highest BCUT2D eigenvalue weighted by atomic mass is 32.2. The lowest BCUT2D eigenvalue weighted by molar-refractivity contribution is -0.137. The fourth-order valence-corrected chi connectivity index (χ4v) is 9.87. The van der Waals surface area contributed by atoms with Gasteiger partial charge < -0.3 is 14.2 Å². The molecule has 0 spiro atoms. The van der Waals surface area contributed by atoms with E-state index in [4.69, 9.17) is 18.3 Å². The molecule has 2 aromatic carbocycles. The van der Waals surface area contributed by atoms with Crippen LogP contribution in [0.5, 0.6) is 5.75 Å². The van der Waals surface area contributed by atoms with Crippen molar-refractivity contribution in [2.75, 3.05) is 34.3 Å². The molecule has 6 rings (SSSR count). The van der Waals surface area contributed by atoms with Crippen molar-refractivity contribution in [2.45, 2.75) is 103 Å². The number of amides is 2. The van der Waals surface area contributed by atoms with Crippen molar-refractivity contribution in [3.8, 4) is 17.0 Å². The molecule has 0 unspecified atom stereocenters. The molecule has 1 aromatic heterocycles. The third kappa shape index (κ3) is 8.64. The number of phosphoric ester groups is 1. The topological polar surface area (TPSA) is 146 Å². The van der Waals surface area contributed by atoms with Crippen molar-refractivity contribution in [1.82, 2.24) is 18.5 Å². The molecule has 54 heavy (non-hydrogen) atoms. The Hall–Kier alpha value is -3.52. The number of fused-ring (bicyclic) bond motifs is 5. The number of carbonyl (C=O) groups excluding carboxylic acids is 2. The molecule has 0 bridgehead atoms. The molecule has 2 amide bonds. The average molecular weight is 785 g/mol. The van der Waals surface area contributed by atoms with E-state index in [-0.39, 0.29) is 37.0 Å². The van der Waals surface area contributed by atoms with Crippen LogP contribution in [-0.2, 0) is 39.7 Å². The second-order valence-electron chi connectivity index (χ2n) is 16.5. The highest BCUT2D eigenvalue weighted by Crippen LogP contribution is 2.57. The predicted octanol–water partition coefficient (Wildman–Crippen LogP) is 7.26. The van der Waals surface area contributed by atoms with Crippen molar-refractivity contribution in [3.63, 3.8) is 0 Å². The lowest BCUT2D eigenvalue weighted by Crippen LogP contribution is -2.55. The number of rotatable bonds is 10. The molecule has 13 nitrogen and oxygen atoms in total. The maximum Gasteiger partial charge on any atom is 0.476 e. The number of ether oxygens (including phenoxy) is 1. The van der Waals surface area contributed by atoms with Crippen LogP contribution in [0.15, 0.2) is 42.0 Å². The lowest BCUT2D eigenvalue weighted by atomic mass is 9.81. The first-order chi connectivity index (χ1) is 25.2. The van der Waals surface area contributed by atoms with Crippen LogP contribution in [0, 0.1) is 0 Å². The summed E-state index contributed by atoms with van der Waals surface area (Å²) in [5, 5.41) is 0.963. The molecule has 0 radical (unpaired) electrons. The van der Waals surface area contributed by atoms with E-state index in [1.807, 2.05) is 30.3 Å². The van der Waals surface area contributed by atoms with Gasteiger partial charge in [-0.1, -0.05) is 25.3 Å². The molecule has 294 valence electrons. The first-order valence-electron chi connectivity index (χ1n) is 18.5. The summed E-state index contributed by atoms with van der Waals surface area (Å²) in [4.78, 5) is 29.4. The molecule has 1 saturated carbocycles. The Morgan fingerprint density at radius 3 is 2.17 bits per heavy atom. The van der Waals surface area contributed by atoms with E-state index in [1.54, 1.807) is 65.7 Å². The lowest BCUT2D eigenvalue weighted by Gasteiger charge is -2.41. The first kappa shape index (κ1) is 40.2. The quantitative estimate of drug-likeness (QED) is 0.210. The Morgan fingerprint density at radius 2 is 1.57 bits per heavy atom. The van der Waals surface area contributed by atoms with Crippen LogP contribution in [-0.4, -0.2) is 85.6 Å². The molecule has 1 N–H and O–H groups in total. The largest absolute Gasteiger partial charge is 0.497 e. The van der Waals surface area contributed by atoms with Gasteiger partial charge in [0.25, 0.3) is 11.8 Å². The van der Waals surface area contributed by atoms with Gasteiger partial charge in [-0.2, -0.15) is 12.7 Å². The maximum absolute atomic E-state index is 14.4. The van der Waals surface area contributed by atoms with Gasteiger partial charge in [-0.05, 0) is 108 Å². The molecule has 15 heteroatoms. The van der Waals surface area contributed by atoms with Gasteiger partial charge in [0.1, 0.15) is 11.9 Å². The Bertz CT molecular complexity index is 2110. The Balaban J connectivity index is 1.40. The average Bonchev–Trinajstić information content (AvgIpc) is 3.26. The minimum absolute atomic E-state index is 0.182. The van der Waals surface area contributed by atoms with Crippen molar-refractivity contribution >= 4 is 46.8 Å². The number of carbonyl (C=O) groups is 2. The van der Waals surface area contributed by atoms with E-state index >= 15 is 0 Å². The van der Waals surface area contributed by atoms with Crippen LogP contribution in [0.4, 0.5) is 0 Å². The number of aromatic nitrogens is 1. The number of hydrogen-bond acceptors (Lipinski definition) is 9. The molecule has 1 saturated heterocycles. The third-order valence-corrected chi connectivity index (χ3v) is 13.2. The number of likely N-dealkylation sites (tertiary alicyclic amines) is 1. The standard InChI is InChI=1S/C39H53N4O9PS/c1-38(2,3)51-53(46,52-39(4,5)6)50-30-23-42(24-30)37(45)28-19-27-20-29(49-9)16-18-31(27)35-34(25-13-11-10-12-14-25)32-17-15-26(21-33(32)43(35)22-28)36(44)40-54(47,48)41(7)8/h15-21,25,30H,10-14,22-24H2,1-9H3,(H,40,44). The summed E-state index contributed by atoms with van der Waals surface area (Å²) in [5.74, 6) is -0.0619. The van der Waals surface area contributed by atoms with E-state index in [0.29, 0.717) is 11.3 Å². The second-order valence-corrected chi connectivity index (χ2v) is 19.9. The Morgan fingerprint density at radius 1 is 0.926 bits per heavy atom. The van der Waals surface area contributed by atoms with Crippen molar-refractivity contribution in [2.24, 2.45) is 0 Å². The predicted molar refractivity (Wildman–Crippen MR) is 209 cm³/mol. The summed E-state index contributed by atoms with van der Waals surface area (Å²) in [6.07, 6.45) is 6.73. The summed E-state index contributed by atoms with van der Waals surface area (Å²) in [5.41, 5.74) is 3.70. The molecular formula is C39H53N4O9PS. The van der Waals surface area contributed by atoms with Gasteiger partial charge in [0, 0.05) is 54.8 Å². The summed E-state index contributed by atoms with van der Waals surface area (Å²) >= 11 is 0. The zero-order valence-corrected chi connectivity index (χ0v) is 34.4. The van der Waals surface area contributed by atoms with E-state index in [9.17, 15) is 22.6 Å². The van der Waals surface area contributed by atoms with Gasteiger partial charge in [0.2, 0.25) is 0 Å². The van der Waals surface area contributed by atoms with Crippen LogP contribution < -0.4 is 9.46 Å². The molecule has 3 aromatic rings. The summed E-state index contributed by atoms with van der Waals surface area (Å²) in [6, 6.07) is 11.1. The molecule has 3 aliphatic rings. The monoisotopic (exact) mass is 784 g/mol. The number of nitrogens with zero attached hydrogens (tertiary/aromatic N) is 3. The van der Waals surface area contributed by atoms with E-state index in [1.165, 1.54) is 20.5 Å². The minimum Gasteiger partial charge on any atom is -0.497 e. The van der Waals surface area contributed by atoms with Gasteiger partial charge in [-0.15, -0.1) is 0 Å². The molecule has 2 aliphatic heterocycles. The van der Waals surface area contributed by atoms with Gasteiger partial charge in [-0.3, -0.25) is 23.2 Å². The molecule has 0 atom stereocenters. The van der Waals surface area contributed by atoms with Crippen LogP contribution in [0.1, 0.15) is 101 Å². The summed E-state index contributed by atoms with van der Waals surface area (Å²) < 4.78 is 67.3. The number of benzene rings is 2. The van der Waals surface area contributed by atoms with Crippen molar-refractivity contribution in [1.29, 1.82) is 0 Å². The van der Waals surface area contributed by atoms with Gasteiger partial charge in [-0.25, -0.2) is 9.29 Å². The van der Waals surface area contributed by atoms with E-state index < -0.39 is 41.2 Å². The highest BCUT2D eigenvalue weighted by molar-refractivity contribution is 7.87. The smallest absolute Gasteiger partial charge is 0.476 e. The maximum atomic E-state index is 14.4. The van der Waals surface area contributed by atoms with Crippen LogP contribution in [0.3, 0.4) is 0 Å². The van der Waals surface area contributed by atoms with Crippen LogP contribution in [0.25, 0.3) is 28.2 Å². The number of methoxy groups -OCH3 is 1. The first-order valence-corrected chi connectivity index (χ1v) is 21.4. The van der Waals surface area contributed by atoms with Crippen molar-refractivity contribution < 1.29 is 40.9 Å². The summed E-state index contributed by atoms with van der Waals surface area (Å²) in [7, 11) is -3.71. The number of phosphoric acid groups is 1. The van der Waals surface area contributed by atoms with Crippen molar-refractivity contribution in [3.05, 3.63) is 58.7 Å². The number of hydrogen-bond donors (Lipinski definition) is 1. The third-order valence-electron chi connectivity index (χ3n) is 9.71. The minimum atomic E-state index is -4.03. The fourth-order valence-electron chi connectivity index (χ4n) is 7.37. The van der Waals surface area contributed by atoms with Crippen LogP contribution in [0.2, 0.25) is 0 Å². The van der Waals surface area contributed by atoms with E-state index in [0.717, 1.165) is 63.3 Å². The van der Waals surface area contributed by atoms with Gasteiger partial charge in [0.05, 0.1) is 30.6 Å².